The van der Waals surface area contributed by atoms with Crippen LogP contribution in [0.2, 0.25) is 5.02 Å². The number of hydrogen-bond donors (Lipinski definition) is 1. The van der Waals surface area contributed by atoms with Gasteiger partial charge in [-0.05, 0) is 36.8 Å². The van der Waals surface area contributed by atoms with E-state index >= 15 is 0 Å². The average Bonchev–Trinajstić information content (AvgIpc) is 2.71. The summed E-state index contributed by atoms with van der Waals surface area (Å²) in [6, 6.07) is 14.8. The molecule has 0 radical (unpaired) electrons. The van der Waals surface area contributed by atoms with E-state index < -0.39 is 0 Å². The van der Waals surface area contributed by atoms with Crippen molar-refractivity contribution in [1.82, 2.24) is 5.01 Å². The zero-order valence-corrected chi connectivity index (χ0v) is 17.5. The molecule has 0 saturated heterocycles. The van der Waals surface area contributed by atoms with E-state index in [1.54, 1.807) is 23.2 Å². The lowest BCUT2D eigenvalue weighted by Crippen LogP contribution is -2.33. The maximum Gasteiger partial charge on any atom is 0.234 e. The van der Waals surface area contributed by atoms with E-state index in [0.29, 0.717) is 40.6 Å². The van der Waals surface area contributed by atoms with Gasteiger partial charge in [-0.15, -0.1) is 11.7 Å². The molecule has 29 heavy (non-hydrogen) atoms. The topological polar surface area (TPSA) is 66.3 Å². The van der Waals surface area contributed by atoms with E-state index in [2.05, 4.69) is 22.0 Å². The monoisotopic (exact) mass is 428 g/mol. The molecule has 0 aromatic heterocycles. The van der Waals surface area contributed by atoms with Crippen molar-refractivity contribution in [2.45, 2.75) is 6.92 Å². The van der Waals surface area contributed by atoms with Crippen LogP contribution >= 0.6 is 23.4 Å². The molecule has 0 fully saturated rings. The minimum absolute atomic E-state index is 0.162. The van der Waals surface area contributed by atoms with Gasteiger partial charge in [0.1, 0.15) is 12.3 Å². The minimum Gasteiger partial charge on any atom is -0.441 e. The predicted molar refractivity (Wildman–Crippen MR) is 121 cm³/mol. The molecule has 0 aliphatic carbocycles. The van der Waals surface area contributed by atoms with Gasteiger partial charge in [-0.1, -0.05) is 53.7 Å². The summed E-state index contributed by atoms with van der Waals surface area (Å²) >= 11 is 7.34. The second kappa shape index (κ2) is 10.1. The fraction of sp³-hybridized carbons (Fsp3) is 0.190. The number of hydrogen-bond acceptors (Lipinski definition) is 6. The molecule has 1 aliphatic heterocycles. The Hall–Kier alpha value is -2.77. The Labute approximate surface area is 179 Å². The summed E-state index contributed by atoms with van der Waals surface area (Å²) in [6.45, 7) is 6.59. The fourth-order valence-electron chi connectivity index (χ4n) is 2.53. The molecule has 8 heteroatoms. The number of carbonyl (C=O) groups is 1. The van der Waals surface area contributed by atoms with Crippen molar-refractivity contribution in [2.75, 3.05) is 24.2 Å². The highest BCUT2D eigenvalue weighted by atomic mass is 35.5. The van der Waals surface area contributed by atoms with Crippen molar-refractivity contribution >= 4 is 46.0 Å². The number of ether oxygens (including phenoxy) is 1. The Bertz CT molecular complexity index is 947. The van der Waals surface area contributed by atoms with Gasteiger partial charge in [-0.25, -0.2) is 0 Å². The van der Waals surface area contributed by atoms with Crippen LogP contribution in [-0.4, -0.2) is 40.8 Å². The van der Waals surface area contributed by atoms with Gasteiger partial charge in [0.2, 0.25) is 17.0 Å². The Morgan fingerprint density at radius 2 is 2.10 bits per heavy atom. The Kier molecular flexibility index (Phi) is 7.32. The van der Waals surface area contributed by atoms with Crippen LogP contribution in [0.4, 0.5) is 5.69 Å². The first kappa shape index (κ1) is 21.0. The molecular weight excluding hydrogens is 408 g/mol. The summed E-state index contributed by atoms with van der Waals surface area (Å²) < 4.78 is 5.86. The van der Waals surface area contributed by atoms with Crippen LogP contribution in [0, 0.1) is 6.92 Å². The molecule has 0 unspecified atom stereocenters. The highest BCUT2D eigenvalue weighted by molar-refractivity contribution is 8.14. The Morgan fingerprint density at radius 3 is 2.86 bits per heavy atom. The van der Waals surface area contributed by atoms with Crippen LogP contribution in [0.15, 0.2) is 71.3 Å². The first-order chi connectivity index (χ1) is 14.0. The van der Waals surface area contributed by atoms with E-state index in [-0.39, 0.29) is 11.7 Å². The Morgan fingerprint density at radius 1 is 1.31 bits per heavy atom. The third kappa shape index (κ3) is 6.10. The van der Waals surface area contributed by atoms with Gasteiger partial charge in [0, 0.05) is 10.7 Å². The van der Waals surface area contributed by atoms with Crippen LogP contribution < -0.4 is 10.1 Å². The van der Waals surface area contributed by atoms with E-state index in [1.807, 2.05) is 43.3 Å². The number of rotatable bonds is 6. The average molecular weight is 429 g/mol. The molecule has 0 atom stereocenters. The quantitative estimate of drug-likeness (QED) is 0.684. The third-order valence-corrected chi connectivity index (χ3v) is 5.21. The molecule has 2 aromatic rings. The number of halogens is 1. The number of anilines is 1. The number of benzene rings is 2. The number of carbonyl (C=O) groups excluding carboxylic acids is 1. The van der Waals surface area contributed by atoms with Gasteiger partial charge in [0.15, 0.2) is 0 Å². The van der Waals surface area contributed by atoms with Gasteiger partial charge in [-0.2, -0.15) is 4.99 Å². The van der Waals surface area contributed by atoms with Crippen molar-refractivity contribution < 1.29 is 9.53 Å². The first-order valence-electron chi connectivity index (χ1n) is 8.98. The number of amides is 1. The molecule has 150 valence electrons. The maximum atomic E-state index is 12.4. The SMILES string of the molecule is C=CCN1CC(Oc2ccccc2)=NC(SCC(=O)Nc2cccc(Cl)c2C)=N1. The number of hydrazone groups is 1. The second-order valence-electron chi connectivity index (χ2n) is 6.19. The van der Waals surface area contributed by atoms with E-state index in [0.717, 1.165) is 5.56 Å². The minimum atomic E-state index is -0.162. The van der Waals surface area contributed by atoms with Gasteiger partial charge >= 0.3 is 0 Å². The molecular formula is C21H21ClN4O2S. The number of nitrogens with one attached hydrogen (secondary N) is 1. The highest BCUT2D eigenvalue weighted by Gasteiger charge is 2.18. The highest BCUT2D eigenvalue weighted by Crippen LogP contribution is 2.23. The number of para-hydroxylation sites is 1. The molecule has 1 aliphatic rings. The molecule has 6 nitrogen and oxygen atoms in total. The van der Waals surface area contributed by atoms with Crippen molar-refractivity contribution in [1.29, 1.82) is 0 Å². The fourth-order valence-corrected chi connectivity index (χ4v) is 3.38. The smallest absolute Gasteiger partial charge is 0.234 e. The number of amidine groups is 1. The summed E-state index contributed by atoms with van der Waals surface area (Å²) in [5.41, 5.74) is 1.52. The largest absolute Gasteiger partial charge is 0.441 e. The lowest BCUT2D eigenvalue weighted by molar-refractivity contribution is -0.113. The summed E-state index contributed by atoms with van der Waals surface area (Å²) in [4.78, 5) is 16.8. The second-order valence-corrected chi connectivity index (χ2v) is 7.54. The van der Waals surface area contributed by atoms with Crippen LogP contribution in [-0.2, 0) is 4.79 Å². The number of thioether (sulfide) groups is 1. The predicted octanol–water partition coefficient (Wildman–Crippen LogP) is 4.57. The molecule has 0 saturated carbocycles. The number of nitrogens with zero attached hydrogens (tertiary/aromatic N) is 3. The van der Waals surface area contributed by atoms with Crippen molar-refractivity contribution in [3.8, 4) is 5.75 Å². The molecule has 3 rings (SSSR count). The van der Waals surface area contributed by atoms with Gasteiger partial charge in [0.05, 0.1) is 12.3 Å². The van der Waals surface area contributed by atoms with E-state index in [9.17, 15) is 4.79 Å². The van der Waals surface area contributed by atoms with E-state index in [4.69, 9.17) is 16.3 Å². The van der Waals surface area contributed by atoms with E-state index in [1.165, 1.54) is 11.8 Å². The van der Waals surface area contributed by atoms with Crippen molar-refractivity contribution in [3.05, 3.63) is 71.8 Å². The molecule has 1 heterocycles. The van der Waals surface area contributed by atoms with Crippen molar-refractivity contribution in [3.63, 3.8) is 0 Å². The summed E-state index contributed by atoms with van der Waals surface area (Å²) in [7, 11) is 0. The van der Waals surface area contributed by atoms with Crippen LogP contribution in [0.1, 0.15) is 5.56 Å². The standard InChI is InChI=1S/C21H21ClN4O2S/c1-3-12-26-13-20(28-16-8-5-4-6-9-16)24-21(25-26)29-14-19(27)23-18-11-7-10-17(22)15(18)2/h3-11H,1,12-14H2,2H3,(H,23,27). The molecule has 1 amide bonds. The molecule has 0 spiro atoms. The lowest BCUT2D eigenvalue weighted by Gasteiger charge is -2.23. The molecule has 0 bridgehead atoms. The summed E-state index contributed by atoms with van der Waals surface area (Å²) in [6.07, 6.45) is 1.76. The molecule has 2 aromatic carbocycles. The van der Waals surface area contributed by atoms with Crippen LogP contribution in [0.5, 0.6) is 5.75 Å². The number of aliphatic imine (C=N–C) groups is 1. The van der Waals surface area contributed by atoms with Gasteiger partial charge in [0.25, 0.3) is 0 Å². The van der Waals surface area contributed by atoms with Crippen LogP contribution in [0.25, 0.3) is 0 Å². The lowest BCUT2D eigenvalue weighted by atomic mass is 10.2. The van der Waals surface area contributed by atoms with Gasteiger partial charge in [-0.3, -0.25) is 9.80 Å². The zero-order valence-electron chi connectivity index (χ0n) is 16.0. The summed E-state index contributed by atoms with van der Waals surface area (Å²) in [5, 5.41) is 10.2. The van der Waals surface area contributed by atoms with Gasteiger partial charge < -0.3 is 10.1 Å². The zero-order chi connectivity index (χ0) is 20.6. The Balaban J connectivity index is 1.64. The normalized spacial score (nSPS) is 13.4. The summed E-state index contributed by atoms with van der Waals surface area (Å²) in [5.74, 6) is 1.21. The third-order valence-electron chi connectivity index (χ3n) is 3.96. The van der Waals surface area contributed by atoms with Crippen molar-refractivity contribution in [2.24, 2.45) is 10.1 Å². The maximum absolute atomic E-state index is 12.4. The van der Waals surface area contributed by atoms with Crippen LogP contribution in [0.3, 0.4) is 0 Å². The molecule has 1 N–H and O–H groups in total. The first-order valence-corrected chi connectivity index (χ1v) is 10.3.